The molecule has 0 radical (unpaired) electrons. The van der Waals surface area contributed by atoms with Crippen molar-refractivity contribution in [3.05, 3.63) is 39.7 Å². The summed E-state index contributed by atoms with van der Waals surface area (Å²) in [4.78, 5) is 12.1. The third-order valence-electron chi connectivity index (χ3n) is 3.99. The average Bonchev–Trinajstić information content (AvgIpc) is 2.42. The van der Waals surface area contributed by atoms with E-state index in [2.05, 4.69) is 4.90 Å². The molecule has 0 bridgehead atoms. The number of benzene rings is 1. The van der Waals surface area contributed by atoms with E-state index >= 15 is 0 Å². The molecule has 1 aromatic carbocycles. The Kier molecular flexibility index (Phi) is 5.06. The number of nitrogens with zero attached hydrogens (tertiary/aromatic N) is 2. The van der Waals surface area contributed by atoms with E-state index in [1.807, 2.05) is 7.05 Å². The zero-order chi connectivity index (χ0) is 14.5. The van der Waals surface area contributed by atoms with E-state index in [1.54, 1.807) is 12.1 Å². The van der Waals surface area contributed by atoms with Crippen molar-refractivity contribution in [1.82, 2.24) is 4.90 Å². The fourth-order valence-corrected chi connectivity index (χ4v) is 3.00. The van der Waals surface area contributed by atoms with Crippen molar-refractivity contribution in [2.75, 3.05) is 13.6 Å². The second-order valence-corrected chi connectivity index (χ2v) is 5.71. The smallest absolute Gasteiger partial charge is 0.302 e. The molecule has 0 N–H and O–H groups in total. The molecule has 1 aliphatic rings. The van der Waals surface area contributed by atoms with E-state index in [1.165, 1.54) is 38.2 Å². The summed E-state index contributed by atoms with van der Waals surface area (Å²) in [5.74, 6) is -0.0245. The van der Waals surface area contributed by atoms with Crippen LogP contribution in [0.25, 0.3) is 0 Å². The lowest BCUT2D eigenvalue weighted by atomic mass is 9.89. The Morgan fingerprint density at radius 1 is 1.35 bits per heavy atom. The van der Waals surface area contributed by atoms with Gasteiger partial charge in [0.05, 0.1) is 4.92 Å². The van der Waals surface area contributed by atoms with Crippen molar-refractivity contribution >= 4 is 5.69 Å². The Bertz CT molecular complexity index is 473. The van der Waals surface area contributed by atoms with Gasteiger partial charge in [-0.15, -0.1) is 0 Å². The number of rotatable bonds is 5. The van der Waals surface area contributed by atoms with Gasteiger partial charge >= 0.3 is 5.69 Å². The third-order valence-corrected chi connectivity index (χ3v) is 3.99. The molecule has 20 heavy (non-hydrogen) atoms. The predicted molar refractivity (Wildman–Crippen MR) is 76.0 cm³/mol. The number of hydrogen-bond donors (Lipinski definition) is 0. The summed E-state index contributed by atoms with van der Waals surface area (Å²) in [7, 11) is 1.95. The molecular weight excluding hydrogens is 259 g/mol. The van der Waals surface area contributed by atoms with Gasteiger partial charge in [0, 0.05) is 24.7 Å². The first kappa shape index (κ1) is 14.9. The largest absolute Gasteiger partial charge is 0.305 e. The maximum absolute atomic E-state index is 14.0. The van der Waals surface area contributed by atoms with Gasteiger partial charge in [-0.05, 0) is 25.8 Å². The summed E-state index contributed by atoms with van der Waals surface area (Å²) < 4.78 is 14.0. The Hall–Kier alpha value is -1.49. The topological polar surface area (TPSA) is 46.4 Å². The van der Waals surface area contributed by atoms with Gasteiger partial charge in [-0.3, -0.25) is 10.1 Å². The first-order valence-corrected chi connectivity index (χ1v) is 7.18. The quantitative estimate of drug-likeness (QED) is 0.609. The minimum atomic E-state index is -0.701. The molecule has 1 aliphatic carbocycles. The minimum absolute atomic E-state index is 0.400. The molecule has 0 unspecified atom stereocenters. The van der Waals surface area contributed by atoms with Crippen LogP contribution < -0.4 is 0 Å². The highest BCUT2D eigenvalue weighted by molar-refractivity contribution is 5.36. The van der Waals surface area contributed by atoms with Crippen LogP contribution in [0.4, 0.5) is 10.1 Å². The predicted octanol–water partition coefficient (Wildman–Crippen LogP) is 3.75. The summed E-state index contributed by atoms with van der Waals surface area (Å²) in [5.41, 5.74) is -0.0360. The Labute approximate surface area is 118 Å². The number of halogens is 1. The van der Waals surface area contributed by atoms with Crippen LogP contribution in [0.3, 0.4) is 0 Å². The van der Waals surface area contributed by atoms with Crippen LogP contribution in [-0.4, -0.2) is 23.4 Å². The molecular formula is C15H21FN2O2. The van der Waals surface area contributed by atoms with Crippen molar-refractivity contribution in [3.8, 4) is 0 Å². The molecule has 0 spiro atoms. The van der Waals surface area contributed by atoms with Crippen molar-refractivity contribution in [2.24, 2.45) is 5.92 Å². The van der Waals surface area contributed by atoms with Crippen LogP contribution >= 0.6 is 0 Å². The molecule has 4 nitrogen and oxygen atoms in total. The van der Waals surface area contributed by atoms with E-state index in [0.29, 0.717) is 18.0 Å². The Morgan fingerprint density at radius 3 is 2.70 bits per heavy atom. The summed E-state index contributed by atoms with van der Waals surface area (Å²) in [6.07, 6.45) is 6.36. The fourth-order valence-electron chi connectivity index (χ4n) is 3.00. The monoisotopic (exact) mass is 280 g/mol. The third kappa shape index (κ3) is 3.76. The lowest BCUT2D eigenvalue weighted by molar-refractivity contribution is -0.387. The Morgan fingerprint density at radius 2 is 2.05 bits per heavy atom. The highest BCUT2D eigenvalue weighted by atomic mass is 19.1. The van der Waals surface area contributed by atoms with Crippen LogP contribution in [0.1, 0.15) is 37.7 Å². The maximum atomic E-state index is 14.0. The highest BCUT2D eigenvalue weighted by Gasteiger charge is 2.20. The van der Waals surface area contributed by atoms with Crippen molar-refractivity contribution in [1.29, 1.82) is 0 Å². The molecule has 0 aromatic heterocycles. The Balaban J connectivity index is 1.98. The molecule has 0 amide bonds. The maximum Gasteiger partial charge on any atom is 0.305 e. The number of nitro benzene ring substituents is 1. The molecule has 0 atom stereocenters. The lowest BCUT2D eigenvalue weighted by Gasteiger charge is -2.27. The van der Waals surface area contributed by atoms with Crippen LogP contribution in [0, 0.1) is 21.8 Å². The van der Waals surface area contributed by atoms with Gasteiger partial charge in [-0.25, -0.2) is 0 Å². The van der Waals surface area contributed by atoms with E-state index in [0.717, 1.165) is 6.54 Å². The molecule has 2 rings (SSSR count). The standard InChI is InChI=1S/C15H21FN2O2/c1-17(10-12-6-3-2-4-7-12)11-13-8-5-9-14(15(13)16)18(19)20/h5,8-9,12H,2-4,6-7,10-11H2,1H3. The fraction of sp³-hybridized carbons (Fsp3) is 0.600. The van der Waals surface area contributed by atoms with Gasteiger partial charge in [-0.2, -0.15) is 4.39 Å². The van der Waals surface area contributed by atoms with Crippen molar-refractivity contribution < 1.29 is 9.31 Å². The first-order chi connectivity index (χ1) is 9.58. The molecule has 0 saturated heterocycles. The first-order valence-electron chi connectivity index (χ1n) is 7.18. The zero-order valence-corrected chi connectivity index (χ0v) is 11.8. The highest BCUT2D eigenvalue weighted by Crippen LogP contribution is 2.25. The SMILES string of the molecule is CN(Cc1cccc([N+](=O)[O-])c1F)CC1CCCCC1. The summed E-state index contributed by atoms with van der Waals surface area (Å²) in [6.45, 7) is 1.35. The number of nitro groups is 1. The summed E-state index contributed by atoms with van der Waals surface area (Å²) >= 11 is 0. The summed E-state index contributed by atoms with van der Waals surface area (Å²) in [6, 6.07) is 4.38. The molecule has 0 aliphatic heterocycles. The van der Waals surface area contributed by atoms with Crippen LogP contribution in [0.15, 0.2) is 18.2 Å². The summed E-state index contributed by atoms with van der Waals surface area (Å²) in [5, 5.41) is 10.7. The van der Waals surface area contributed by atoms with E-state index in [-0.39, 0.29) is 0 Å². The normalized spacial score (nSPS) is 16.6. The van der Waals surface area contributed by atoms with Gasteiger partial charge in [0.25, 0.3) is 0 Å². The number of hydrogen-bond acceptors (Lipinski definition) is 3. The molecule has 0 heterocycles. The van der Waals surface area contributed by atoms with Crippen LogP contribution in [0.2, 0.25) is 0 Å². The van der Waals surface area contributed by atoms with Gasteiger partial charge in [0.15, 0.2) is 0 Å². The van der Waals surface area contributed by atoms with Crippen LogP contribution in [0.5, 0.6) is 0 Å². The zero-order valence-electron chi connectivity index (χ0n) is 11.8. The second-order valence-electron chi connectivity index (χ2n) is 5.71. The minimum Gasteiger partial charge on any atom is -0.302 e. The molecule has 5 heteroatoms. The molecule has 1 fully saturated rings. The lowest BCUT2D eigenvalue weighted by Crippen LogP contribution is -2.27. The van der Waals surface area contributed by atoms with E-state index in [4.69, 9.17) is 0 Å². The van der Waals surface area contributed by atoms with Gasteiger partial charge < -0.3 is 4.90 Å². The van der Waals surface area contributed by atoms with E-state index < -0.39 is 16.4 Å². The van der Waals surface area contributed by atoms with Gasteiger partial charge in [-0.1, -0.05) is 31.4 Å². The molecule has 110 valence electrons. The second kappa shape index (κ2) is 6.79. The van der Waals surface area contributed by atoms with E-state index in [9.17, 15) is 14.5 Å². The molecule has 1 aromatic rings. The van der Waals surface area contributed by atoms with Crippen molar-refractivity contribution in [3.63, 3.8) is 0 Å². The van der Waals surface area contributed by atoms with Crippen LogP contribution in [-0.2, 0) is 6.54 Å². The van der Waals surface area contributed by atoms with Gasteiger partial charge in [0.2, 0.25) is 5.82 Å². The average molecular weight is 280 g/mol. The van der Waals surface area contributed by atoms with Gasteiger partial charge in [0.1, 0.15) is 0 Å². The molecule has 1 saturated carbocycles. The van der Waals surface area contributed by atoms with Crippen molar-refractivity contribution in [2.45, 2.75) is 38.6 Å².